The second kappa shape index (κ2) is 5.52. The van der Waals surface area contributed by atoms with E-state index in [1.54, 1.807) is 0 Å². The third-order valence-electron chi connectivity index (χ3n) is 3.18. The van der Waals surface area contributed by atoms with Gasteiger partial charge in [0.05, 0.1) is 0 Å². The highest BCUT2D eigenvalue weighted by Gasteiger charge is 2.16. The Morgan fingerprint density at radius 1 is 1.37 bits per heavy atom. The van der Waals surface area contributed by atoms with Gasteiger partial charge in [-0.15, -0.1) is 0 Å². The number of aromatic nitrogens is 4. The lowest BCUT2D eigenvalue weighted by Crippen LogP contribution is -2.24. The molecule has 2 aromatic heterocycles. The number of hydrogen-bond donors (Lipinski definition) is 1. The minimum absolute atomic E-state index is 0.320. The van der Waals surface area contributed by atoms with Crippen molar-refractivity contribution in [2.45, 2.75) is 39.2 Å². The van der Waals surface area contributed by atoms with E-state index in [9.17, 15) is 0 Å². The van der Waals surface area contributed by atoms with E-state index in [0.717, 1.165) is 17.8 Å². The summed E-state index contributed by atoms with van der Waals surface area (Å²) in [6.45, 7) is 6.34. The summed E-state index contributed by atoms with van der Waals surface area (Å²) in [5.74, 6) is 1.60. The second-order valence-electron chi connectivity index (χ2n) is 5.14. The topological polar surface area (TPSA) is 68.8 Å². The van der Waals surface area contributed by atoms with Gasteiger partial charge in [-0.25, -0.2) is 0 Å². The van der Waals surface area contributed by atoms with Crippen molar-refractivity contribution >= 4 is 0 Å². The van der Waals surface area contributed by atoms with Gasteiger partial charge in [-0.05, 0) is 26.0 Å². The fourth-order valence-corrected chi connectivity index (χ4v) is 1.94. The zero-order valence-corrected chi connectivity index (χ0v) is 12.1. The lowest BCUT2D eigenvalue weighted by atomic mass is 10.1. The molecule has 1 unspecified atom stereocenters. The molecule has 1 N–H and O–H groups in total. The van der Waals surface area contributed by atoms with Crippen molar-refractivity contribution in [1.29, 1.82) is 0 Å². The van der Waals surface area contributed by atoms with Crippen LogP contribution in [0.2, 0.25) is 0 Å². The average Bonchev–Trinajstić information content (AvgIpc) is 2.95. The van der Waals surface area contributed by atoms with E-state index in [1.807, 2.05) is 24.8 Å². The smallest absolute Gasteiger partial charge is 0.278 e. The number of hydrogen-bond acceptors (Lipinski definition) is 5. The molecule has 0 saturated carbocycles. The van der Waals surface area contributed by atoms with Crippen molar-refractivity contribution in [3.8, 4) is 11.6 Å². The fraction of sp³-hybridized carbons (Fsp3) is 0.615. The van der Waals surface area contributed by atoms with Crippen LogP contribution in [-0.2, 0) is 13.5 Å². The maximum Gasteiger partial charge on any atom is 0.278 e. The number of aryl methyl sites for hydroxylation is 1. The first-order chi connectivity index (χ1) is 9.01. The Morgan fingerprint density at radius 2 is 2.11 bits per heavy atom. The summed E-state index contributed by atoms with van der Waals surface area (Å²) < 4.78 is 7.14. The van der Waals surface area contributed by atoms with E-state index < -0.39 is 0 Å². The zero-order valence-electron chi connectivity index (χ0n) is 12.1. The minimum Gasteiger partial charge on any atom is -0.332 e. The molecule has 0 fully saturated rings. The monoisotopic (exact) mass is 263 g/mol. The molecule has 0 amide bonds. The van der Waals surface area contributed by atoms with E-state index in [4.69, 9.17) is 4.52 Å². The van der Waals surface area contributed by atoms with E-state index in [0.29, 0.717) is 23.7 Å². The van der Waals surface area contributed by atoms with Crippen LogP contribution in [0, 0.1) is 0 Å². The molecule has 0 aromatic carbocycles. The van der Waals surface area contributed by atoms with Crippen molar-refractivity contribution < 1.29 is 4.52 Å². The van der Waals surface area contributed by atoms with Crippen molar-refractivity contribution in [1.82, 2.24) is 25.2 Å². The Bertz CT molecular complexity index is 543. The predicted molar refractivity (Wildman–Crippen MR) is 72.8 cm³/mol. The molecule has 1 atom stereocenters. The molecule has 0 radical (unpaired) electrons. The molecule has 0 spiro atoms. The SMILES string of the molecule is CNC(C)Cc1noc(-c2cc(C(C)C)n(C)n2)n1. The summed E-state index contributed by atoms with van der Waals surface area (Å²) in [5.41, 5.74) is 1.89. The number of nitrogens with zero attached hydrogens (tertiary/aromatic N) is 4. The Kier molecular flexibility index (Phi) is 3.99. The summed E-state index contributed by atoms with van der Waals surface area (Å²) in [6.07, 6.45) is 0.740. The van der Waals surface area contributed by atoms with Crippen LogP contribution in [-0.4, -0.2) is 33.0 Å². The fourth-order valence-electron chi connectivity index (χ4n) is 1.94. The maximum atomic E-state index is 5.28. The Balaban J connectivity index is 2.20. The van der Waals surface area contributed by atoms with Gasteiger partial charge >= 0.3 is 0 Å². The number of likely N-dealkylation sites (N-methyl/N-ethyl adjacent to an activating group) is 1. The van der Waals surface area contributed by atoms with Crippen LogP contribution in [0.3, 0.4) is 0 Å². The summed E-state index contributed by atoms with van der Waals surface area (Å²) in [5, 5.41) is 11.6. The molecule has 0 saturated heterocycles. The first kappa shape index (κ1) is 13.7. The molecule has 2 aromatic rings. The van der Waals surface area contributed by atoms with E-state index in [2.05, 4.69) is 41.3 Å². The first-order valence-corrected chi connectivity index (χ1v) is 6.55. The molecule has 0 aliphatic rings. The highest BCUT2D eigenvalue weighted by Crippen LogP contribution is 2.21. The molecule has 0 bridgehead atoms. The molecule has 0 aliphatic heterocycles. The molecule has 6 nitrogen and oxygen atoms in total. The van der Waals surface area contributed by atoms with Crippen molar-refractivity contribution in [2.75, 3.05) is 7.05 Å². The molecular weight excluding hydrogens is 242 g/mol. The van der Waals surface area contributed by atoms with Crippen LogP contribution >= 0.6 is 0 Å². The third kappa shape index (κ3) is 3.01. The summed E-state index contributed by atoms with van der Waals surface area (Å²) in [7, 11) is 3.85. The highest BCUT2D eigenvalue weighted by atomic mass is 16.5. The molecule has 104 valence electrons. The van der Waals surface area contributed by atoms with Crippen molar-refractivity contribution in [3.05, 3.63) is 17.6 Å². The summed E-state index contributed by atoms with van der Waals surface area (Å²) in [4.78, 5) is 4.39. The predicted octanol–water partition coefficient (Wildman–Crippen LogP) is 1.74. The Morgan fingerprint density at radius 3 is 2.68 bits per heavy atom. The van der Waals surface area contributed by atoms with E-state index in [1.165, 1.54) is 0 Å². The van der Waals surface area contributed by atoms with Crippen molar-refractivity contribution in [2.24, 2.45) is 7.05 Å². The molecule has 0 aliphatic carbocycles. The van der Waals surface area contributed by atoms with Gasteiger partial charge in [-0.3, -0.25) is 4.68 Å². The molecule has 19 heavy (non-hydrogen) atoms. The van der Waals surface area contributed by atoms with Gasteiger partial charge in [0.1, 0.15) is 0 Å². The lowest BCUT2D eigenvalue weighted by Gasteiger charge is -2.04. The van der Waals surface area contributed by atoms with Crippen LogP contribution in [0.5, 0.6) is 0 Å². The van der Waals surface area contributed by atoms with Gasteiger partial charge in [0.15, 0.2) is 11.5 Å². The van der Waals surface area contributed by atoms with Gasteiger partial charge in [-0.2, -0.15) is 10.1 Å². The number of nitrogens with one attached hydrogen (secondary N) is 1. The van der Waals surface area contributed by atoms with Crippen LogP contribution in [0.15, 0.2) is 10.6 Å². The number of rotatable bonds is 5. The molecule has 6 heteroatoms. The molecule has 2 heterocycles. The molecule has 2 rings (SSSR count). The largest absolute Gasteiger partial charge is 0.332 e. The highest BCUT2D eigenvalue weighted by molar-refractivity contribution is 5.47. The maximum absolute atomic E-state index is 5.28. The van der Waals surface area contributed by atoms with Crippen molar-refractivity contribution in [3.63, 3.8) is 0 Å². The van der Waals surface area contributed by atoms with Gasteiger partial charge in [-0.1, -0.05) is 19.0 Å². The van der Waals surface area contributed by atoms with Crippen LogP contribution in [0.4, 0.5) is 0 Å². The van der Waals surface area contributed by atoms with Crippen LogP contribution in [0.1, 0.15) is 38.2 Å². The average molecular weight is 263 g/mol. The Hall–Kier alpha value is -1.69. The van der Waals surface area contributed by atoms with E-state index >= 15 is 0 Å². The van der Waals surface area contributed by atoms with E-state index in [-0.39, 0.29) is 0 Å². The summed E-state index contributed by atoms with van der Waals surface area (Å²) >= 11 is 0. The Labute approximate surface area is 113 Å². The second-order valence-corrected chi connectivity index (χ2v) is 5.14. The quantitative estimate of drug-likeness (QED) is 0.890. The van der Waals surface area contributed by atoms with Gasteiger partial charge < -0.3 is 9.84 Å². The molecular formula is C13H21N5O. The van der Waals surface area contributed by atoms with Crippen LogP contribution < -0.4 is 5.32 Å². The summed E-state index contributed by atoms with van der Waals surface area (Å²) in [6, 6.07) is 2.32. The minimum atomic E-state index is 0.320. The normalized spacial score (nSPS) is 13.2. The standard InChI is InChI=1S/C13H21N5O/c1-8(2)11-7-10(16-18(11)5)13-15-12(17-19-13)6-9(3)14-4/h7-9,14H,6H2,1-5H3. The lowest BCUT2D eigenvalue weighted by molar-refractivity contribution is 0.416. The van der Waals surface area contributed by atoms with Gasteiger partial charge in [0.25, 0.3) is 5.89 Å². The zero-order chi connectivity index (χ0) is 14.0. The first-order valence-electron chi connectivity index (χ1n) is 6.55. The van der Waals surface area contributed by atoms with Gasteiger partial charge in [0, 0.05) is 25.2 Å². The third-order valence-corrected chi connectivity index (χ3v) is 3.18. The van der Waals surface area contributed by atoms with Crippen LogP contribution in [0.25, 0.3) is 11.6 Å². The van der Waals surface area contributed by atoms with Gasteiger partial charge in [0.2, 0.25) is 0 Å².